The van der Waals surface area contributed by atoms with E-state index in [-0.39, 0.29) is 23.8 Å². The Labute approximate surface area is 218 Å². The number of likely N-dealkylation sites (tertiary alicyclic amines) is 1. The maximum Gasteiger partial charge on any atom is 0.264 e. The number of nitrogens with zero attached hydrogens (tertiary/aromatic N) is 2. The Morgan fingerprint density at radius 2 is 1.59 bits per heavy atom. The average molecular weight is 499 g/mol. The largest absolute Gasteiger partial charge is 0.496 e. The van der Waals surface area contributed by atoms with Gasteiger partial charge in [0.25, 0.3) is 5.91 Å². The summed E-state index contributed by atoms with van der Waals surface area (Å²) in [5.74, 6) is 1.58. The van der Waals surface area contributed by atoms with E-state index in [2.05, 4.69) is 36.4 Å². The van der Waals surface area contributed by atoms with E-state index in [0.29, 0.717) is 25.4 Å². The predicted octanol–water partition coefficient (Wildman–Crippen LogP) is 4.79. The van der Waals surface area contributed by atoms with Crippen LogP contribution in [0.15, 0.2) is 72.8 Å². The van der Waals surface area contributed by atoms with Crippen LogP contribution in [-0.4, -0.2) is 50.1 Å². The smallest absolute Gasteiger partial charge is 0.264 e. The van der Waals surface area contributed by atoms with Crippen LogP contribution in [0.25, 0.3) is 0 Å². The van der Waals surface area contributed by atoms with Crippen molar-refractivity contribution in [2.75, 3.05) is 38.3 Å². The summed E-state index contributed by atoms with van der Waals surface area (Å²) in [6, 6.07) is 24.1. The Bertz CT molecular complexity index is 1250. The molecule has 0 aromatic heterocycles. The van der Waals surface area contributed by atoms with E-state index < -0.39 is 0 Å². The number of carbonyl (C=O) groups is 2. The van der Waals surface area contributed by atoms with Crippen molar-refractivity contribution in [3.8, 4) is 11.5 Å². The van der Waals surface area contributed by atoms with Gasteiger partial charge in [-0.1, -0.05) is 48.5 Å². The highest BCUT2D eigenvalue weighted by Crippen LogP contribution is 2.49. The van der Waals surface area contributed by atoms with Gasteiger partial charge in [-0.05, 0) is 66.6 Å². The van der Waals surface area contributed by atoms with Crippen LogP contribution in [0.5, 0.6) is 11.5 Å². The molecule has 6 heteroatoms. The van der Waals surface area contributed by atoms with Gasteiger partial charge >= 0.3 is 0 Å². The van der Waals surface area contributed by atoms with Gasteiger partial charge in [0.05, 0.1) is 7.11 Å². The van der Waals surface area contributed by atoms with Crippen LogP contribution in [0, 0.1) is 0 Å². The van der Waals surface area contributed by atoms with Crippen molar-refractivity contribution in [2.24, 2.45) is 0 Å². The highest BCUT2D eigenvalue weighted by Gasteiger charge is 2.47. The minimum Gasteiger partial charge on any atom is -0.496 e. The molecule has 192 valence electrons. The number of anilines is 1. The lowest BCUT2D eigenvalue weighted by Gasteiger charge is -2.39. The first-order chi connectivity index (χ1) is 18.0. The van der Waals surface area contributed by atoms with E-state index in [1.165, 1.54) is 5.56 Å². The van der Waals surface area contributed by atoms with Crippen LogP contribution < -0.4 is 14.4 Å². The first-order valence-electron chi connectivity index (χ1n) is 13.0. The second-order valence-electron chi connectivity index (χ2n) is 10.0. The van der Waals surface area contributed by atoms with Gasteiger partial charge in [0.15, 0.2) is 6.61 Å². The van der Waals surface area contributed by atoms with Crippen LogP contribution in [-0.2, 0) is 27.8 Å². The number of hydrogen-bond donors (Lipinski definition) is 0. The molecule has 0 N–H and O–H groups in total. The third-order valence-corrected chi connectivity index (χ3v) is 7.82. The second-order valence-corrected chi connectivity index (χ2v) is 10.0. The quantitative estimate of drug-likeness (QED) is 0.470. The van der Waals surface area contributed by atoms with Gasteiger partial charge in [0, 0.05) is 37.7 Å². The van der Waals surface area contributed by atoms with E-state index in [1.54, 1.807) is 14.0 Å². The van der Waals surface area contributed by atoms with Crippen molar-refractivity contribution < 1.29 is 19.1 Å². The number of para-hydroxylation sites is 1. The van der Waals surface area contributed by atoms with Crippen molar-refractivity contribution in [3.63, 3.8) is 0 Å². The van der Waals surface area contributed by atoms with Crippen LogP contribution in [0.3, 0.4) is 0 Å². The molecule has 2 heterocycles. The fourth-order valence-electron chi connectivity index (χ4n) is 5.68. The Balaban J connectivity index is 1.45. The fraction of sp³-hybridized carbons (Fsp3) is 0.355. The van der Waals surface area contributed by atoms with Gasteiger partial charge < -0.3 is 19.3 Å². The lowest BCUT2D eigenvalue weighted by Crippen LogP contribution is -2.47. The lowest BCUT2D eigenvalue weighted by atomic mass is 9.74. The number of methoxy groups -OCH3 is 1. The number of carbonyl (C=O) groups excluding carboxylic acids is 2. The van der Waals surface area contributed by atoms with E-state index in [0.717, 1.165) is 48.2 Å². The summed E-state index contributed by atoms with van der Waals surface area (Å²) in [4.78, 5) is 29.3. The van der Waals surface area contributed by atoms with Gasteiger partial charge in [-0.15, -0.1) is 0 Å². The average Bonchev–Trinajstić information content (AvgIpc) is 3.24. The minimum atomic E-state index is -0.199. The number of benzene rings is 3. The maximum absolute atomic E-state index is 13.5. The number of ether oxygens (including phenoxy) is 2. The molecule has 3 aromatic carbocycles. The summed E-state index contributed by atoms with van der Waals surface area (Å²) in [6.45, 7) is 3.57. The Morgan fingerprint density at radius 1 is 0.919 bits per heavy atom. The molecule has 1 fully saturated rings. The molecule has 2 aliphatic rings. The van der Waals surface area contributed by atoms with Gasteiger partial charge in [0.2, 0.25) is 5.91 Å². The lowest BCUT2D eigenvalue weighted by molar-refractivity contribution is -0.130. The zero-order chi connectivity index (χ0) is 25.8. The van der Waals surface area contributed by atoms with Gasteiger partial charge in [0.1, 0.15) is 11.5 Å². The number of fused-ring (bicyclic) bond motifs is 2. The Morgan fingerprint density at radius 3 is 2.24 bits per heavy atom. The molecule has 0 atom stereocenters. The standard InChI is InChI=1S/C31H34N2O4/c1-23(34)32-17-15-31(16-18-32)22-33(30(35)21-37-26-11-7-4-8-12-26)28-19-25(29(36-2)20-27(28)31)14-13-24-9-5-3-6-10-24/h3-12,19-20H,13-18,21-22H2,1-2H3. The molecule has 0 aliphatic carbocycles. The summed E-state index contributed by atoms with van der Waals surface area (Å²) in [5, 5.41) is 0. The third-order valence-electron chi connectivity index (χ3n) is 7.82. The van der Waals surface area contributed by atoms with Crippen LogP contribution in [0.2, 0.25) is 0 Å². The summed E-state index contributed by atoms with van der Waals surface area (Å²) >= 11 is 0. The zero-order valence-electron chi connectivity index (χ0n) is 21.6. The third kappa shape index (κ3) is 5.19. The highest BCUT2D eigenvalue weighted by molar-refractivity contribution is 5.97. The monoisotopic (exact) mass is 498 g/mol. The van der Waals surface area contributed by atoms with Gasteiger partial charge in [-0.2, -0.15) is 0 Å². The molecule has 0 bridgehead atoms. The van der Waals surface area contributed by atoms with E-state index in [9.17, 15) is 9.59 Å². The van der Waals surface area contributed by atoms with Crippen LogP contribution in [0.4, 0.5) is 5.69 Å². The molecule has 0 unspecified atom stereocenters. The molecule has 37 heavy (non-hydrogen) atoms. The van der Waals surface area contributed by atoms with Crippen molar-refractivity contribution in [3.05, 3.63) is 89.5 Å². The van der Waals surface area contributed by atoms with Crippen LogP contribution in [0.1, 0.15) is 36.5 Å². The number of hydrogen-bond acceptors (Lipinski definition) is 4. The molecule has 5 rings (SSSR count). The van der Waals surface area contributed by atoms with E-state index in [1.807, 2.05) is 46.2 Å². The number of piperidine rings is 1. The van der Waals surface area contributed by atoms with E-state index >= 15 is 0 Å². The van der Waals surface area contributed by atoms with Crippen molar-refractivity contribution in [1.29, 1.82) is 0 Å². The fourth-order valence-corrected chi connectivity index (χ4v) is 5.68. The van der Waals surface area contributed by atoms with Gasteiger partial charge in [-0.25, -0.2) is 0 Å². The van der Waals surface area contributed by atoms with Gasteiger partial charge in [-0.3, -0.25) is 9.59 Å². The second kappa shape index (κ2) is 10.7. The van der Waals surface area contributed by atoms with Crippen molar-refractivity contribution >= 4 is 17.5 Å². The summed E-state index contributed by atoms with van der Waals surface area (Å²) < 4.78 is 11.7. The number of amides is 2. The minimum absolute atomic E-state index is 0.0233. The summed E-state index contributed by atoms with van der Waals surface area (Å²) in [6.07, 6.45) is 3.33. The normalized spacial score (nSPS) is 15.9. The Kier molecular flexibility index (Phi) is 7.17. The molecular formula is C31H34N2O4. The summed E-state index contributed by atoms with van der Waals surface area (Å²) in [7, 11) is 1.71. The summed E-state index contributed by atoms with van der Waals surface area (Å²) in [5.41, 5.74) is 4.24. The van der Waals surface area contributed by atoms with Crippen LogP contribution >= 0.6 is 0 Å². The topological polar surface area (TPSA) is 59.1 Å². The molecule has 2 amide bonds. The zero-order valence-corrected chi connectivity index (χ0v) is 21.6. The SMILES string of the molecule is COc1cc2c(cc1CCc1ccccc1)N(C(=O)COc1ccccc1)CC21CCN(C(C)=O)CC1. The number of rotatable bonds is 7. The molecule has 0 radical (unpaired) electrons. The maximum atomic E-state index is 13.5. The first kappa shape index (κ1) is 24.9. The predicted molar refractivity (Wildman–Crippen MR) is 144 cm³/mol. The molecule has 3 aromatic rings. The number of aryl methyl sites for hydroxylation is 2. The molecule has 1 saturated heterocycles. The van der Waals surface area contributed by atoms with Crippen molar-refractivity contribution in [2.45, 2.75) is 38.0 Å². The van der Waals surface area contributed by atoms with E-state index in [4.69, 9.17) is 9.47 Å². The highest BCUT2D eigenvalue weighted by atomic mass is 16.5. The Hall–Kier alpha value is -3.80. The molecule has 2 aliphatic heterocycles. The molecule has 1 spiro atoms. The van der Waals surface area contributed by atoms with Crippen molar-refractivity contribution in [1.82, 2.24) is 4.90 Å². The molecule has 6 nitrogen and oxygen atoms in total. The molecule has 0 saturated carbocycles. The molecular weight excluding hydrogens is 464 g/mol. The first-order valence-corrected chi connectivity index (χ1v) is 13.0.